The summed E-state index contributed by atoms with van der Waals surface area (Å²) in [7, 11) is -1.69. The summed E-state index contributed by atoms with van der Waals surface area (Å²) in [5.74, 6) is 2.27. The summed E-state index contributed by atoms with van der Waals surface area (Å²) in [6, 6.07) is 28.1. The molecule has 0 unspecified atom stereocenters. The van der Waals surface area contributed by atoms with Gasteiger partial charge in [0.05, 0.1) is 0 Å². The van der Waals surface area contributed by atoms with Crippen molar-refractivity contribution < 1.29 is 13.6 Å². The van der Waals surface area contributed by atoms with Gasteiger partial charge in [-0.05, 0) is 66.4 Å². The number of fused-ring (bicyclic) bond motifs is 1. The maximum atomic E-state index is 6.29. The third-order valence-electron chi connectivity index (χ3n) is 4.85. The van der Waals surface area contributed by atoms with Crippen molar-refractivity contribution >= 4 is 19.4 Å². The summed E-state index contributed by atoms with van der Waals surface area (Å²) in [5.41, 5.74) is 3.14. The van der Waals surface area contributed by atoms with Gasteiger partial charge in [0.15, 0.2) is 0 Å². The fourth-order valence-electron chi connectivity index (χ4n) is 3.12. The second kappa shape index (κ2) is 8.55. The normalized spacial score (nSPS) is 10.9. The number of hydrogen-bond acceptors (Lipinski definition) is 3. The molecule has 4 rings (SSSR count). The molecule has 3 nitrogen and oxygen atoms in total. The number of aryl methyl sites for hydroxylation is 3. The van der Waals surface area contributed by atoms with E-state index < -0.39 is 8.60 Å². The average molecular weight is 402 g/mol. The highest BCUT2D eigenvalue weighted by molar-refractivity contribution is 7.43. The van der Waals surface area contributed by atoms with Crippen molar-refractivity contribution in [3.05, 3.63) is 102 Å². The molecule has 0 aliphatic heterocycles. The molecular formula is C25H23O3P. The Morgan fingerprint density at radius 1 is 0.517 bits per heavy atom. The molecule has 4 heteroatoms. The van der Waals surface area contributed by atoms with Crippen molar-refractivity contribution in [3.63, 3.8) is 0 Å². The van der Waals surface area contributed by atoms with Gasteiger partial charge in [-0.3, -0.25) is 0 Å². The molecule has 0 heterocycles. The van der Waals surface area contributed by atoms with E-state index in [2.05, 4.69) is 25.1 Å². The lowest BCUT2D eigenvalue weighted by Crippen LogP contribution is -2.04. The zero-order valence-electron chi connectivity index (χ0n) is 16.8. The van der Waals surface area contributed by atoms with Gasteiger partial charge >= 0.3 is 8.60 Å². The smallest absolute Gasteiger partial charge is 0.408 e. The zero-order valence-corrected chi connectivity index (χ0v) is 17.6. The first-order chi connectivity index (χ1) is 14.1. The van der Waals surface area contributed by atoms with Crippen LogP contribution in [0.25, 0.3) is 10.8 Å². The Kier molecular flexibility index (Phi) is 5.69. The molecule has 0 aliphatic rings. The van der Waals surface area contributed by atoms with Crippen LogP contribution in [0.15, 0.2) is 84.9 Å². The van der Waals surface area contributed by atoms with E-state index in [-0.39, 0.29) is 0 Å². The SMILES string of the molecule is Cc1ccccc1OP(Oc1ccccc1C)Oc1ccc2ccccc2c1C. The highest BCUT2D eigenvalue weighted by Crippen LogP contribution is 2.45. The van der Waals surface area contributed by atoms with Crippen LogP contribution in [-0.4, -0.2) is 0 Å². The van der Waals surface area contributed by atoms with Crippen LogP contribution < -0.4 is 13.6 Å². The van der Waals surface area contributed by atoms with Crippen LogP contribution in [0, 0.1) is 20.8 Å². The van der Waals surface area contributed by atoms with E-state index in [1.807, 2.05) is 80.6 Å². The fraction of sp³-hybridized carbons (Fsp3) is 0.120. The highest BCUT2D eigenvalue weighted by Gasteiger charge is 2.22. The summed E-state index contributed by atoms with van der Waals surface area (Å²) in [4.78, 5) is 0. The lowest BCUT2D eigenvalue weighted by Gasteiger charge is -2.21. The van der Waals surface area contributed by atoms with Crippen molar-refractivity contribution in [1.29, 1.82) is 0 Å². The van der Waals surface area contributed by atoms with Gasteiger partial charge in [0.1, 0.15) is 17.2 Å². The van der Waals surface area contributed by atoms with Crippen LogP contribution in [0.3, 0.4) is 0 Å². The number of para-hydroxylation sites is 2. The maximum Gasteiger partial charge on any atom is 0.530 e. The summed E-state index contributed by atoms with van der Waals surface area (Å²) >= 11 is 0. The topological polar surface area (TPSA) is 27.7 Å². The van der Waals surface area contributed by atoms with Crippen molar-refractivity contribution in [3.8, 4) is 17.2 Å². The molecule has 4 aromatic carbocycles. The summed E-state index contributed by atoms with van der Waals surface area (Å²) in [5, 5.41) is 2.34. The van der Waals surface area contributed by atoms with Gasteiger partial charge in [0.2, 0.25) is 0 Å². The molecule has 4 aromatic rings. The molecule has 0 saturated carbocycles. The van der Waals surface area contributed by atoms with Crippen LogP contribution in [0.1, 0.15) is 16.7 Å². The largest absolute Gasteiger partial charge is 0.530 e. The van der Waals surface area contributed by atoms with Crippen molar-refractivity contribution in [2.24, 2.45) is 0 Å². The van der Waals surface area contributed by atoms with Crippen LogP contribution in [0.4, 0.5) is 0 Å². The maximum absolute atomic E-state index is 6.29. The molecule has 0 saturated heterocycles. The molecule has 0 N–H and O–H groups in total. The van der Waals surface area contributed by atoms with Crippen molar-refractivity contribution in [2.45, 2.75) is 20.8 Å². The highest BCUT2D eigenvalue weighted by atomic mass is 31.2. The van der Waals surface area contributed by atoms with Crippen molar-refractivity contribution in [1.82, 2.24) is 0 Å². The molecular weight excluding hydrogens is 379 g/mol. The van der Waals surface area contributed by atoms with Gasteiger partial charge in [0.25, 0.3) is 0 Å². The molecule has 0 aliphatic carbocycles. The monoisotopic (exact) mass is 402 g/mol. The number of benzene rings is 4. The minimum atomic E-state index is -1.69. The van der Waals surface area contributed by atoms with E-state index in [1.54, 1.807) is 0 Å². The first-order valence-electron chi connectivity index (χ1n) is 9.55. The summed E-state index contributed by atoms with van der Waals surface area (Å²) in [6.45, 7) is 6.09. The zero-order chi connectivity index (χ0) is 20.2. The van der Waals surface area contributed by atoms with Gasteiger partial charge in [-0.2, -0.15) is 0 Å². The predicted octanol–water partition coefficient (Wildman–Crippen LogP) is 7.53. The second-order valence-corrected chi connectivity index (χ2v) is 7.93. The Labute approximate surface area is 172 Å². The summed E-state index contributed by atoms with van der Waals surface area (Å²) in [6.07, 6.45) is 0. The second-order valence-electron chi connectivity index (χ2n) is 6.94. The van der Waals surface area contributed by atoms with E-state index in [4.69, 9.17) is 13.6 Å². The third kappa shape index (κ3) is 4.36. The van der Waals surface area contributed by atoms with Crippen molar-refractivity contribution in [2.75, 3.05) is 0 Å². The third-order valence-corrected chi connectivity index (χ3v) is 5.89. The van der Waals surface area contributed by atoms with Crippen LogP contribution in [0.2, 0.25) is 0 Å². The molecule has 0 spiro atoms. The Morgan fingerprint density at radius 2 is 1.03 bits per heavy atom. The molecule has 0 atom stereocenters. The standard InChI is InChI=1S/C25H23O3P/c1-18-10-4-8-14-23(18)26-29(27-24-15-9-5-11-19(24)2)28-25-17-16-21-12-6-7-13-22(21)20(25)3/h4-17H,1-3H3. The van der Waals surface area contributed by atoms with Gasteiger partial charge in [-0.1, -0.05) is 66.7 Å². The summed E-state index contributed by atoms with van der Waals surface area (Å²) < 4.78 is 18.7. The van der Waals surface area contributed by atoms with E-state index in [0.717, 1.165) is 39.3 Å². The van der Waals surface area contributed by atoms with Gasteiger partial charge in [-0.25, -0.2) is 0 Å². The predicted molar refractivity (Wildman–Crippen MR) is 120 cm³/mol. The molecule has 146 valence electrons. The van der Waals surface area contributed by atoms with Gasteiger partial charge in [0, 0.05) is 0 Å². The molecule has 29 heavy (non-hydrogen) atoms. The van der Waals surface area contributed by atoms with Crippen LogP contribution >= 0.6 is 8.60 Å². The Bertz CT molecular complexity index is 1090. The Morgan fingerprint density at radius 3 is 1.66 bits per heavy atom. The van der Waals surface area contributed by atoms with Crippen LogP contribution in [-0.2, 0) is 0 Å². The first-order valence-corrected chi connectivity index (χ1v) is 10.6. The Hall–Kier alpha value is -3.03. The fourth-order valence-corrected chi connectivity index (χ4v) is 4.32. The van der Waals surface area contributed by atoms with Crippen LogP contribution in [0.5, 0.6) is 17.2 Å². The van der Waals surface area contributed by atoms with Gasteiger partial charge in [-0.15, -0.1) is 0 Å². The van der Waals surface area contributed by atoms with E-state index in [1.165, 1.54) is 5.39 Å². The molecule has 0 aromatic heterocycles. The first kappa shape index (κ1) is 19.3. The molecule has 0 bridgehead atoms. The average Bonchev–Trinajstić information content (AvgIpc) is 2.73. The number of hydrogen-bond donors (Lipinski definition) is 0. The minimum absolute atomic E-state index is 0.755. The van der Waals surface area contributed by atoms with E-state index >= 15 is 0 Å². The lowest BCUT2D eigenvalue weighted by molar-refractivity contribution is 0.385. The van der Waals surface area contributed by atoms with E-state index in [9.17, 15) is 0 Å². The molecule has 0 radical (unpaired) electrons. The number of rotatable bonds is 6. The van der Waals surface area contributed by atoms with Gasteiger partial charge < -0.3 is 13.6 Å². The van der Waals surface area contributed by atoms with E-state index in [0.29, 0.717) is 0 Å². The quantitative estimate of drug-likeness (QED) is 0.312. The molecule has 0 fully saturated rings. The minimum Gasteiger partial charge on any atom is -0.408 e. The lowest BCUT2D eigenvalue weighted by atomic mass is 10.1. The molecule has 0 amide bonds. The Balaban J connectivity index is 1.67.